The molecular formula is C16H17ClF3N5O3. The van der Waals surface area contributed by atoms with E-state index in [1.54, 1.807) is 12.1 Å². The number of carbonyl (C=O) groups is 2. The van der Waals surface area contributed by atoms with Gasteiger partial charge in [-0.2, -0.15) is 23.1 Å². The number of aliphatic carboxylic acids is 1. The molecule has 2 heterocycles. The fraction of sp³-hybridized carbons (Fsp3) is 0.375. The van der Waals surface area contributed by atoms with E-state index in [1.165, 1.54) is 11.0 Å². The van der Waals surface area contributed by atoms with Crippen molar-refractivity contribution >= 4 is 23.5 Å². The molecule has 1 fully saturated rings. The predicted molar refractivity (Wildman–Crippen MR) is 93.4 cm³/mol. The lowest BCUT2D eigenvalue weighted by Gasteiger charge is -2.08. The second kappa shape index (κ2) is 9.51. The van der Waals surface area contributed by atoms with E-state index in [2.05, 4.69) is 20.8 Å². The van der Waals surface area contributed by atoms with Gasteiger partial charge in [-0.15, -0.1) is 5.10 Å². The number of benzene rings is 1. The minimum Gasteiger partial charge on any atom is -0.475 e. The van der Waals surface area contributed by atoms with E-state index in [-0.39, 0.29) is 5.91 Å². The molecule has 1 aromatic carbocycles. The molecule has 1 aliphatic rings. The van der Waals surface area contributed by atoms with Gasteiger partial charge in [0.1, 0.15) is 0 Å². The number of amides is 1. The Morgan fingerprint density at radius 2 is 2.11 bits per heavy atom. The molecule has 0 spiro atoms. The number of carboxylic acid groups (broad SMARTS) is 1. The van der Waals surface area contributed by atoms with E-state index in [9.17, 15) is 18.0 Å². The smallest absolute Gasteiger partial charge is 0.475 e. The number of halogens is 4. The molecule has 152 valence electrons. The van der Waals surface area contributed by atoms with Gasteiger partial charge in [-0.05, 0) is 43.6 Å². The van der Waals surface area contributed by atoms with E-state index >= 15 is 0 Å². The first kappa shape index (κ1) is 21.6. The highest BCUT2D eigenvalue weighted by Crippen LogP contribution is 2.14. The third-order valence-corrected chi connectivity index (χ3v) is 3.95. The third-order valence-electron chi connectivity index (χ3n) is 3.72. The van der Waals surface area contributed by atoms with E-state index in [4.69, 9.17) is 21.5 Å². The summed E-state index contributed by atoms with van der Waals surface area (Å²) in [5, 5.41) is 22.2. The van der Waals surface area contributed by atoms with Gasteiger partial charge in [-0.3, -0.25) is 4.79 Å². The summed E-state index contributed by atoms with van der Waals surface area (Å²) in [5.41, 5.74) is 1.03. The van der Waals surface area contributed by atoms with E-state index in [1.807, 2.05) is 12.1 Å². The van der Waals surface area contributed by atoms with Crippen molar-refractivity contribution in [3.63, 3.8) is 0 Å². The van der Waals surface area contributed by atoms with Crippen molar-refractivity contribution in [2.45, 2.75) is 12.6 Å². The van der Waals surface area contributed by atoms with Crippen molar-refractivity contribution in [3.05, 3.63) is 41.2 Å². The minimum absolute atomic E-state index is 0.199. The second-order valence-electron chi connectivity index (χ2n) is 5.87. The van der Waals surface area contributed by atoms with E-state index in [0.29, 0.717) is 23.2 Å². The van der Waals surface area contributed by atoms with Gasteiger partial charge >= 0.3 is 12.1 Å². The molecule has 0 radical (unpaired) electrons. The van der Waals surface area contributed by atoms with Gasteiger partial charge in [0.05, 0.1) is 11.9 Å². The molecule has 1 aliphatic heterocycles. The number of hydrogen-bond acceptors (Lipinski definition) is 5. The first-order valence-corrected chi connectivity index (χ1v) is 8.52. The van der Waals surface area contributed by atoms with Crippen molar-refractivity contribution in [2.24, 2.45) is 5.92 Å². The number of alkyl halides is 3. The largest absolute Gasteiger partial charge is 0.490 e. The zero-order valence-electron chi connectivity index (χ0n) is 14.4. The summed E-state index contributed by atoms with van der Waals surface area (Å²) < 4.78 is 31.7. The Kier molecular flexibility index (Phi) is 7.35. The fourth-order valence-corrected chi connectivity index (χ4v) is 2.49. The van der Waals surface area contributed by atoms with Gasteiger partial charge in [-0.25, -0.2) is 4.79 Å². The van der Waals surface area contributed by atoms with Crippen LogP contribution >= 0.6 is 11.6 Å². The van der Waals surface area contributed by atoms with E-state index < -0.39 is 12.1 Å². The molecule has 12 heteroatoms. The Labute approximate surface area is 162 Å². The number of rotatable bonds is 4. The Morgan fingerprint density at radius 3 is 2.68 bits per heavy atom. The van der Waals surface area contributed by atoms with Crippen molar-refractivity contribution in [2.75, 3.05) is 19.6 Å². The van der Waals surface area contributed by atoms with Gasteiger partial charge in [0, 0.05) is 11.6 Å². The SMILES string of the molecule is O=C(NC[C@H]1CCNC1)c1cnn(-c2cccc(Cl)c2)n1.O=C(O)C(F)(F)F. The van der Waals surface area contributed by atoms with E-state index in [0.717, 1.165) is 25.2 Å². The average molecular weight is 420 g/mol. The molecule has 0 aliphatic carbocycles. The third kappa shape index (κ3) is 6.50. The number of aromatic nitrogens is 3. The van der Waals surface area contributed by atoms with Crippen LogP contribution in [0.1, 0.15) is 16.9 Å². The molecule has 1 aromatic heterocycles. The first-order valence-electron chi connectivity index (χ1n) is 8.14. The number of carboxylic acids is 1. The maximum atomic E-state index is 12.0. The average Bonchev–Trinajstić information content (AvgIpc) is 3.31. The van der Waals surface area contributed by atoms with Crippen LogP contribution in [0.3, 0.4) is 0 Å². The summed E-state index contributed by atoms with van der Waals surface area (Å²) in [6, 6.07) is 7.16. The molecule has 2 aromatic rings. The van der Waals surface area contributed by atoms with Gasteiger partial charge in [0.15, 0.2) is 5.69 Å². The topological polar surface area (TPSA) is 109 Å². The highest BCUT2D eigenvalue weighted by atomic mass is 35.5. The predicted octanol–water partition coefficient (Wildman–Crippen LogP) is 1.89. The Bertz CT molecular complexity index is 822. The zero-order valence-corrected chi connectivity index (χ0v) is 15.2. The number of nitrogens with one attached hydrogen (secondary N) is 2. The maximum Gasteiger partial charge on any atom is 0.490 e. The highest BCUT2D eigenvalue weighted by molar-refractivity contribution is 6.30. The van der Waals surface area contributed by atoms with Gasteiger partial charge in [0.25, 0.3) is 5.91 Å². The standard InChI is InChI=1S/C14H16ClN5O.C2HF3O2/c15-11-2-1-3-12(6-11)20-18-9-13(19-20)14(21)17-8-10-4-5-16-7-10;3-2(4,5)1(6)7/h1-3,6,9-10,16H,4-5,7-8H2,(H,17,21);(H,6,7)/t10-;/m0./s1. The monoisotopic (exact) mass is 419 g/mol. The Morgan fingerprint density at radius 1 is 1.39 bits per heavy atom. The van der Waals surface area contributed by atoms with Crippen molar-refractivity contribution in [3.8, 4) is 5.69 Å². The molecule has 0 saturated carbocycles. The fourth-order valence-electron chi connectivity index (χ4n) is 2.31. The van der Waals surface area contributed by atoms with Crippen LogP contribution in [0.15, 0.2) is 30.5 Å². The summed E-state index contributed by atoms with van der Waals surface area (Å²) in [5.74, 6) is -2.46. The Hall–Kier alpha value is -2.66. The Balaban J connectivity index is 0.000000345. The van der Waals surface area contributed by atoms with Crippen LogP contribution < -0.4 is 10.6 Å². The summed E-state index contributed by atoms with van der Waals surface area (Å²) in [6.07, 6.45) is -2.53. The van der Waals surface area contributed by atoms with Crippen LogP contribution in [0.4, 0.5) is 13.2 Å². The molecule has 1 atom stereocenters. The lowest BCUT2D eigenvalue weighted by atomic mass is 10.1. The molecule has 3 N–H and O–H groups in total. The van der Waals surface area contributed by atoms with Gasteiger partial charge < -0.3 is 15.7 Å². The van der Waals surface area contributed by atoms with Crippen molar-refractivity contribution < 1.29 is 27.9 Å². The van der Waals surface area contributed by atoms with Crippen LogP contribution in [-0.4, -0.2) is 57.8 Å². The quantitative estimate of drug-likeness (QED) is 0.698. The second-order valence-corrected chi connectivity index (χ2v) is 6.31. The molecule has 8 nitrogen and oxygen atoms in total. The number of nitrogens with zero attached hydrogens (tertiary/aromatic N) is 3. The lowest BCUT2D eigenvalue weighted by Crippen LogP contribution is -2.30. The molecule has 1 amide bonds. The summed E-state index contributed by atoms with van der Waals surface area (Å²) >= 11 is 5.93. The first-order chi connectivity index (χ1) is 13.2. The van der Waals surface area contributed by atoms with Crippen molar-refractivity contribution in [1.82, 2.24) is 25.6 Å². The van der Waals surface area contributed by atoms with Crippen LogP contribution in [0.25, 0.3) is 5.69 Å². The van der Waals surface area contributed by atoms with Gasteiger partial charge in [-0.1, -0.05) is 17.7 Å². The lowest BCUT2D eigenvalue weighted by molar-refractivity contribution is -0.192. The maximum absolute atomic E-state index is 12.0. The van der Waals surface area contributed by atoms with Crippen LogP contribution in [0.5, 0.6) is 0 Å². The normalized spacial score (nSPS) is 16.2. The van der Waals surface area contributed by atoms with Crippen LogP contribution in [0.2, 0.25) is 5.02 Å². The van der Waals surface area contributed by atoms with Crippen LogP contribution in [0, 0.1) is 5.92 Å². The number of carbonyl (C=O) groups excluding carboxylic acids is 1. The molecule has 28 heavy (non-hydrogen) atoms. The molecule has 1 saturated heterocycles. The summed E-state index contributed by atoms with van der Waals surface area (Å²) in [6.45, 7) is 2.64. The molecule has 0 unspecified atom stereocenters. The number of hydrogen-bond donors (Lipinski definition) is 3. The zero-order chi connectivity index (χ0) is 20.7. The van der Waals surface area contributed by atoms with Gasteiger partial charge in [0.2, 0.25) is 0 Å². The summed E-state index contributed by atoms with van der Waals surface area (Å²) in [7, 11) is 0. The summed E-state index contributed by atoms with van der Waals surface area (Å²) in [4.78, 5) is 22.3. The minimum atomic E-state index is -5.08. The van der Waals surface area contributed by atoms with Crippen LogP contribution in [-0.2, 0) is 4.79 Å². The van der Waals surface area contributed by atoms with Crippen molar-refractivity contribution in [1.29, 1.82) is 0 Å². The highest BCUT2D eigenvalue weighted by Gasteiger charge is 2.38. The molecular weight excluding hydrogens is 403 g/mol. The molecule has 3 rings (SSSR count). The molecule has 0 bridgehead atoms.